The molecule has 1 atom stereocenters. The zero-order chi connectivity index (χ0) is 13.2. The zero-order valence-electron chi connectivity index (χ0n) is 11.2. The average Bonchev–Trinajstić information content (AvgIpc) is 2.42. The molecule has 0 saturated heterocycles. The molecule has 1 rings (SSSR count). The monoisotopic (exact) mass is 246 g/mol. The highest BCUT2D eigenvalue weighted by Gasteiger charge is 2.08. The Balaban J connectivity index is 2.68. The maximum atomic E-state index is 5.79. The Morgan fingerprint density at radius 3 is 2.94 bits per heavy atom. The number of ether oxygens (including phenoxy) is 1. The van der Waals surface area contributed by atoms with Gasteiger partial charge < -0.3 is 10.5 Å². The van der Waals surface area contributed by atoms with Gasteiger partial charge in [0.2, 0.25) is 0 Å². The van der Waals surface area contributed by atoms with Gasteiger partial charge >= 0.3 is 0 Å². The van der Waals surface area contributed by atoms with E-state index in [0.717, 1.165) is 24.3 Å². The second-order valence-corrected chi connectivity index (χ2v) is 4.02. The van der Waals surface area contributed by atoms with Crippen molar-refractivity contribution in [2.75, 3.05) is 19.7 Å². The fraction of sp³-hybridized carbons (Fsp3) is 0.467. The van der Waals surface area contributed by atoms with E-state index in [-0.39, 0.29) is 6.04 Å². The van der Waals surface area contributed by atoms with Crippen molar-refractivity contribution in [2.45, 2.75) is 26.3 Å². The summed E-state index contributed by atoms with van der Waals surface area (Å²) >= 11 is 0. The molecule has 0 heterocycles. The van der Waals surface area contributed by atoms with Crippen LogP contribution in [0.25, 0.3) is 0 Å². The molecule has 0 radical (unpaired) electrons. The van der Waals surface area contributed by atoms with Crippen molar-refractivity contribution in [3.63, 3.8) is 0 Å². The zero-order valence-corrected chi connectivity index (χ0v) is 11.2. The fourth-order valence-electron chi connectivity index (χ4n) is 1.64. The molecule has 0 amide bonds. The first kappa shape index (κ1) is 14.6. The molecule has 0 saturated carbocycles. The van der Waals surface area contributed by atoms with Gasteiger partial charge in [-0.05, 0) is 31.0 Å². The van der Waals surface area contributed by atoms with Crippen LogP contribution in [0.3, 0.4) is 0 Å². The minimum atomic E-state index is 0.121. The maximum absolute atomic E-state index is 5.79. The molecule has 1 aromatic rings. The summed E-state index contributed by atoms with van der Waals surface area (Å²) in [6, 6.07) is 8.19. The van der Waals surface area contributed by atoms with Gasteiger partial charge in [-0.3, -0.25) is 5.32 Å². The van der Waals surface area contributed by atoms with Gasteiger partial charge in [-0.1, -0.05) is 25.0 Å². The van der Waals surface area contributed by atoms with Crippen LogP contribution in [-0.2, 0) is 0 Å². The van der Waals surface area contributed by atoms with Crippen LogP contribution < -0.4 is 15.8 Å². The van der Waals surface area contributed by atoms with Crippen LogP contribution >= 0.6 is 0 Å². The highest BCUT2D eigenvalue weighted by atomic mass is 16.5. The summed E-state index contributed by atoms with van der Waals surface area (Å²) in [6.07, 6.45) is 1.01. The lowest BCUT2D eigenvalue weighted by Gasteiger charge is -2.16. The summed E-state index contributed by atoms with van der Waals surface area (Å²) in [5.41, 5.74) is 6.93. The van der Waals surface area contributed by atoms with Crippen molar-refractivity contribution in [3.8, 4) is 17.6 Å². The average molecular weight is 246 g/mol. The molecular formula is C15H22N2O. The predicted molar refractivity (Wildman–Crippen MR) is 75.5 cm³/mol. The first-order valence-electron chi connectivity index (χ1n) is 6.37. The SMILES string of the molecule is CC#CCNC(CN)c1cccc(OCCC)c1. The lowest BCUT2D eigenvalue weighted by atomic mass is 10.1. The van der Waals surface area contributed by atoms with Gasteiger partial charge in [-0.25, -0.2) is 0 Å². The minimum absolute atomic E-state index is 0.121. The quantitative estimate of drug-likeness (QED) is 0.724. The van der Waals surface area contributed by atoms with E-state index in [4.69, 9.17) is 10.5 Å². The largest absolute Gasteiger partial charge is 0.494 e. The lowest BCUT2D eigenvalue weighted by molar-refractivity contribution is 0.317. The maximum Gasteiger partial charge on any atom is 0.119 e. The molecular weight excluding hydrogens is 224 g/mol. The molecule has 3 heteroatoms. The molecule has 1 aromatic carbocycles. The van der Waals surface area contributed by atoms with Crippen LogP contribution in [0.2, 0.25) is 0 Å². The number of nitrogens with one attached hydrogen (secondary N) is 1. The number of hydrogen-bond acceptors (Lipinski definition) is 3. The Kier molecular flexibility index (Phi) is 6.93. The molecule has 0 aromatic heterocycles. The van der Waals surface area contributed by atoms with Crippen molar-refractivity contribution < 1.29 is 4.74 Å². The van der Waals surface area contributed by atoms with Crippen LogP contribution in [0.5, 0.6) is 5.75 Å². The topological polar surface area (TPSA) is 47.3 Å². The Labute approximate surface area is 110 Å². The van der Waals surface area contributed by atoms with E-state index in [2.05, 4.69) is 30.1 Å². The molecule has 18 heavy (non-hydrogen) atoms. The summed E-state index contributed by atoms with van der Waals surface area (Å²) in [4.78, 5) is 0. The molecule has 0 aliphatic carbocycles. The van der Waals surface area contributed by atoms with E-state index in [0.29, 0.717) is 13.1 Å². The Bertz CT molecular complexity index is 406. The molecule has 0 aliphatic rings. The molecule has 0 spiro atoms. The Morgan fingerprint density at radius 1 is 1.44 bits per heavy atom. The van der Waals surface area contributed by atoms with Gasteiger partial charge in [0.05, 0.1) is 13.2 Å². The molecule has 0 fully saturated rings. The van der Waals surface area contributed by atoms with E-state index >= 15 is 0 Å². The lowest BCUT2D eigenvalue weighted by Crippen LogP contribution is -2.28. The van der Waals surface area contributed by atoms with Crippen molar-refractivity contribution in [1.29, 1.82) is 0 Å². The fourth-order valence-corrected chi connectivity index (χ4v) is 1.64. The van der Waals surface area contributed by atoms with Crippen LogP contribution in [0, 0.1) is 11.8 Å². The second kappa shape index (κ2) is 8.57. The third-order valence-corrected chi connectivity index (χ3v) is 2.58. The Morgan fingerprint density at radius 2 is 2.28 bits per heavy atom. The van der Waals surface area contributed by atoms with Crippen LogP contribution in [0.4, 0.5) is 0 Å². The van der Waals surface area contributed by atoms with E-state index in [1.807, 2.05) is 25.1 Å². The van der Waals surface area contributed by atoms with Crippen LogP contribution in [-0.4, -0.2) is 19.7 Å². The van der Waals surface area contributed by atoms with Gasteiger partial charge in [-0.15, -0.1) is 5.92 Å². The number of hydrogen-bond donors (Lipinski definition) is 2. The Hall–Kier alpha value is -1.50. The van der Waals surface area contributed by atoms with Crippen molar-refractivity contribution >= 4 is 0 Å². The number of nitrogens with two attached hydrogens (primary N) is 1. The first-order chi connectivity index (χ1) is 8.81. The number of rotatable bonds is 7. The smallest absolute Gasteiger partial charge is 0.119 e. The standard InChI is InChI=1S/C15H22N2O/c1-3-5-9-17-15(12-16)13-7-6-8-14(11-13)18-10-4-2/h6-8,11,15,17H,4,9-10,12,16H2,1-2H3. The first-order valence-corrected chi connectivity index (χ1v) is 6.37. The molecule has 3 N–H and O–H groups in total. The number of benzene rings is 1. The van der Waals surface area contributed by atoms with Gasteiger partial charge in [-0.2, -0.15) is 0 Å². The molecule has 3 nitrogen and oxygen atoms in total. The second-order valence-electron chi connectivity index (χ2n) is 4.02. The third-order valence-electron chi connectivity index (χ3n) is 2.58. The summed E-state index contributed by atoms with van der Waals surface area (Å²) < 4.78 is 5.62. The normalized spacial score (nSPS) is 11.5. The van der Waals surface area contributed by atoms with E-state index in [9.17, 15) is 0 Å². The minimum Gasteiger partial charge on any atom is -0.494 e. The predicted octanol–water partition coefficient (Wildman–Crippen LogP) is 2.09. The molecule has 1 unspecified atom stereocenters. The van der Waals surface area contributed by atoms with Gasteiger partial charge in [0.15, 0.2) is 0 Å². The summed E-state index contributed by atoms with van der Waals surface area (Å²) in [7, 11) is 0. The van der Waals surface area contributed by atoms with Crippen molar-refractivity contribution in [3.05, 3.63) is 29.8 Å². The summed E-state index contributed by atoms with van der Waals surface area (Å²) in [5.74, 6) is 6.74. The molecule has 0 aliphatic heterocycles. The summed E-state index contributed by atoms with van der Waals surface area (Å²) in [5, 5.41) is 3.32. The van der Waals surface area contributed by atoms with Gasteiger partial charge in [0.1, 0.15) is 5.75 Å². The van der Waals surface area contributed by atoms with E-state index in [1.165, 1.54) is 0 Å². The third kappa shape index (κ3) is 4.79. The van der Waals surface area contributed by atoms with Crippen LogP contribution in [0.15, 0.2) is 24.3 Å². The van der Waals surface area contributed by atoms with Crippen LogP contribution in [0.1, 0.15) is 31.9 Å². The van der Waals surface area contributed by atoms with Crippen molar-refractivity contribution in [2.24, 2.45) is 5.73 Å². The highest BCUT2D eigenvalue weighted by molar-refractivity contribution is 5.31. The van der Waals surface area contributed by atoms with Crippen molar-refractivity contribution in [1.82, 2.24) is 5.32 Å². The molecule has 98 valence electrons. The van der Waals surface area contributed by atoms with E-state index in [1.54, 1.807) is 0 Å². The van der Waals surface area contributed by atoms with Gasteiger partial charge in [0.25, 0.3) is 0 Å². The summed E-state index contributed by atoms with van der Waals surface area (Å²) in [6.45, 7) is 5.86. The molecule has 0 bridgehead atoms. The van der Waals surface area contributed by atoms with E-state index < -0.39 is 0 Å². The highest BCUT2D eigenvalue weighted by Crippen LogP contribution is 2.18. The van der Waals surface area contributed by atoms with Gasteiger partial charge in [0, 0.05) is 12.6 Å².